The number of aromatic nitrogens is 3. The zero-order valence-electron chi connectivity index (χ0n) is 12.0. The van der Waals surface area contributed by atoms with Gasteiger partial charge in [-0.15, -0.1) is 5.10 Å². The van der Waals surface area contributed by atoms with Crippen molar-refractivity contribution >= 4 is 27.7 Å². The van der Waals surface area contributed by atoms with E-state index in [-0.39, 0.29) is 0 Å². The minimum Gasteiger partial charge on any atom is -0.471 e. The number of fused-ring (bicyclic) bond motifs is 2. The Bertz CT molecular complexity index is 971. The zero-order chi connectivity index (χ0) is 15.1. The molecular weight excluding hydrogens is 280 g/mol. The summed E-state index contributed by atoms with van der Waals surface area (Å²) in [5.74, 6) is 0.993. The first-order valence-electron chi connectivity index (χ1n) is 6.92. The molecule has 4 rings (SSSR count). The molecular formula is C16H14N4O2. The average molecular weight is 294 g/mol. The van der Waals surface area contributed by atoms with Crippen LogP contribution in [0, 0.1) is 6.92 Å². The van der Waals surface area contributed by atoms with E-state index in [1.54, 1.807) is 0 Å². The summed E-state index contributed by atoms with van der Waals surface area (Å²) in [6, 6.07) is 11.8. The van der Waals surface area contributed by atoms with Gasteiger partial charge in [0.1, 0.15) is 6.61 Å². The van der Waals surface area contributed by atoms with Crippen LogP contribution in [0.5, 0.6) is 5.88 Å². The lowest BCUT2D eigenvalue weighted by atomic mass is 10.2. The van der Waals surface area contributed by atoms with Gasteiger partial charge in [0, 0.05) is 0 Å². The summed E-state index contributed by atoms with van der Waals surface area (Å²) >= 11 is 0. The van der Waals surface area contributed by atoms with Crippen LogP contribution >= 0.6 is 0 Å². The van der Waals surface area contributed by atoms with Crippen molar-refractivity contribution in [3.8, 4) is 5.88 Å². The Morgan fingerprint density at radius 2 is 2.09 bits per heavy atom. The van der Waals surface area contributed by atoms with Gasteiger partial charge in [0.25, 0.3) is 0 Å². The number of rotatable bonds is 3. The molecule has 4 aromatic rings. The predicted octanol–water partition coefficient (Wildman–Crippen LogP) is 3.17. The molecule has 6 nitrogen and oxygen atoms in total. The van der Waals surface area contributed by atoms with Crippen LogP contribution in [-0.4, -0.2) is 15.4 Å². The third kappa shape index (κ3) is 2.05. The van der Waals surface area contributed by atoms with Crippen LogP contribution in [0.3, 0.4) is 0 Å². The van der Waals surface area contributed by atoms with Gasteiger partial charge in [0.15, 0.2) is 11.4 Å². The largest absolute Gasteiger partial charge is 0.471 e. The number of aromatic amines is 1. The fraction of sp³-hybridized carbons (Fsp3) is 0.125. The SMILES string of the molecule is Cc1ccc2[nH]nc(OCc3ccc4c(N)noc4c3)c2c1. The third-order valence-electron chi connectivity index (χ3n) is 3.62. The molecule has 0 atom stereocenters. The van der Waals surface area contributed by atoms with Gasteiger partial charge in [-0.3, -0.25) is 5.10 Å². The number of benzene rings is 2. The number of H-pyrrole nitrogens is 1. The van der Waals surface area contributed by atoms with Crippen molar-refractivity contribution in [2.45, 2.75) is 13.5 Å². The molecule has 3 N–H and O–H groups in total. The Hall–Kier alpha value is -3.02. The van der Waals surface area contributed by atoms with Gasteiger partial charge in [-0.05, 0) is 36.8 Å². The Balaban J connectivity index is 1.61. The fourth-order valence-corrected chi connectivity index (χ4v) is 2.46. The quantitative estimate of drug-likeness (QED) is 0.605. The molecule has 110 valence electrons. The second-order valence-corrected chi connectivity index (χ2v) is 5.26. The molecule has 0 bridgehead atoms. The molecule has 0 saturated heterocycles. The summed E-state index contributed by atoms with van der Waals surface area (Å²) < 4.78 is 11.0. The van der Waals surface area contributed by atoms with Crippen LogP contribution in [-0.2, 0) is 6.61 Å². The van der Waals surface area contributed by atoms with Crippen molar-refractivity contribution in [2.75, 3.05) is 5.73 Å². The highest BCUT2D eigenvalue weighted by atomic mass is 16.5. The number of nitrogen functional groups attached to an aromatic ring is 1. The van der Waals surface area contributed by atoms with Gasteiger partial charge < -0.3 is 15.0 Å². The van der Waals surface area contributed by atoms with Gasteiger partial charge in [0.2, 0.25) is 5.88 Å². The Morgan fingerprint density at radius 3 is 3.00 bits per heavy atom. The highest BCUT2D eigenvalue weighted by Crippen LogP contribution is 2.25. The zero-order valence-corrected chi connectivity index (χ0v) is 12.0. The number of anilines is 1. The maximum atomic E-state index is 5.82. The molecule has 0 aliphatic heterocycles. The maximum Gasteiger partial charge on any atom is 0.240 e. The molecule has 0 saturated carbocycles. The maximum absolute atomic E-state index is 5.82. The summed E-state index contributed by atoms with van der Waals surface area (Å²) in [7, 11) is 0. The minimum atomic E-state index is 0.393. The molecule has 0 amide bonds. The topological polar surface area (TPSA) is 90.0 Å². The number of nitrogens with zero attached hydrogens (tertiary/aromatic N) is 2. The summed E-state index contributed by atoms with van der Waals surface area (Å²) in [6.45, 7) is 2.43. The van der Waals surface area contributed by atoms with E-state index in [2.05, 4.69) is 21.4 Å². The first-order valence-corrected chi connectivity index (χ1v) is 6.92. The van der Waals surface area contributed by atoms with Crippen molar-refractivity contribution in [2.24, 2.45) is 0 Å². The Kier molecular flexibility index (Phi) is 2.75. The predicted molar refractivity (Wildman–Crippen MR) is 83.6 cm³/mol. The van der Waals surface area contributed by atoms with Gasteiger partial charge in [-0.1, -0.05) is 22.9 Å². The molecule has 0 spiro atoms. The van der Waals surface area contributed by atoms with Crippen LogP contribution < -0.4 is 10.5 Å². The fourth-order valence-electron chi connectivity index (χ4n) is 2.46. The minimum absolute atomic E-state index is 0.393. The van der Waals surface area contributed by atoms with Crippen molar-refractivity contribution in [1.29, 1.82) is 0 Å². The lowest BCUT2D eigenvalue weighted by molar-refractivity contribution is 0.296. The molecule has 0 aliphatic carbocycles. The third-order valence-corrected chi connectivity index (χ3v) is 3.62. The van der Waals surface area contributed by atoms with Crippen LogP contribution in [0.25, 0.3) is 21.9 Å². The van der Waals surface area contributed by atoms with E-state index in [1.807, 2.05) is 37.3 Å². The molecule has 2 aromatic heterocycles. The van der Waals surface area contributed by atoms with Crippen molar-refractivity contribution in [3.63, 3.8) is 0 Å². The molecule has 22 heavy (non-hydrogen) atoms. The normalized spacial score (nSPS) is 11.3. The second-order valence-electron chi connectivity index (χ2n) is 5.26. The van der Waals surface area contributed by atoms with E-state index in [1.165, 1.54) is 0 Å². The molecule has 0 aliphatic rings. The van der Waals surface area contributed by atoms with Gasteiger partial charge in [-0.2, -0.15) is 0 Å². The molecule has 2 heterocycles. The first kappa shape index (κ1) is 12.7. The summed E-state index contributed by atoms with van der Waals surface area (Å²) in [6.07, 6.45) is 0. The average Bonchev–Trinajstić information content (AvgIpc) is 3.09. The molecule has 2 aromatic carbocycles. The van der Waals surface area contributed by atoms with Crippen molar-refractivity contribution in [1.82, 2.24) is 15.4 Å². The summed E-state index contributed by atoms with van der Waals surface area (Å²) in [5, 5.41) is 12.7. The number of hydrogen-bond donors (Lipinski definition) is 2. The Labute approximate surface area is 125 Å². The van der Waals surface area contributed by atoms with Crippen LogP contribution in [0.1, 0.15) is 11.1 Å². The highest BCUT2D eigenvalue weighted by molar-refractivity contribution is 5.87. The van der Waals surface area contributed by atoms with E-state index in [0.29, 0.717) is 23.9 Å². The number of hydrogen-bond acceptors (Lipinski definition) is 5. The summed E-state index contributed by atoms with van der Waals surface area (Å²) in [5.41, 5.74) is 9.44. The van der Waals surface area contributed by atoms with Gasteiger partial charge in [-0.25, -0.2) is 0 Å². The smallest absolute Gasteiger partial charge is 0.240 e. The van der Waals surface area contributed by atoms with E-state index < -0.39 is 0 Å². The van der Waals surface area contributed by atoms with Crippen LogP contribution in [0.2, 0.25) is 0 Å². The second kappa shape index (κ2) is 4.77. The van der Waals surface area contributed by atoms with Crippen molar-refractivity contribution < 1.29 is 9.26 Å². The van der Waals surface area contributed by atoms with E-state index in [0.717, 1.165) is 27.4 Å². The number of ether oxygens (including phenoxy) is 1. The van der Waals surface area contributed by atoms with E-state index >= 15 is 0 Å². The Morgan fingerprint density at radius 1 is 1.18 bits per heavy atom. The molecule has 0 unspecified atom stereocenters. The molecule has 0 radical (unpaired) electrons. The highest BCUT2D eigenvalue weighted by Gasteiger charge is 2.09. The molecule has 0 fully saturated rings. The number of nitrogens with two attached hydrogens (primary N) is 1. The summed E-state index contributed by atoms with van der Waals surface area (Å²) in [4.78, 5) is 0. The van der Waals surface area contributed by atoms with Gasteiger partial charge >= 0.3 is 0 Å². The van der Waals surface area contributed by atoms with E-state index in [4.69, 9.17) is 15.0 Å². The van der Waals surface area contributed by atoms with E-state index in [9.17, 15) is 0 Å². The number of aryl methyl sites for hydroxylation is 1. The molecule has 6 heteroatoms. The van der Waals surface area contributed by atoms with Crippen molar-refractivity contribution in [3.05, 3.63) is 47.5 Å². The lowest BCUT2D eigenvalue weighted by Crippen LogP contribution is -1.96. The standard InChI is InChI=1S/C16H14N4O2/c1-9-2-5-13-12(6-9)16(19-18-13)21-8-10-3-4-11-14(7-10)22-20-15(11)17/h2-7H,8H2,1H3,(H2,17,20)(H,18,19). The van der Waals surface area contributed by atoms with Gasteiger partial charge in [0.05, 0.1) is 16.3 Å². The lowest BCUT2D eigenvalue weighted by Gasteiger charge is -2.03. The monoisotopic (exact) mass is 294 g/mol. The van der Waals surface area contributed by atoms with Crippen LogP contribution in [0.4, 0.5) is 5.82 Å². The van der Waals surface area contributed by atoms with Crippen LogP contribution in [0.15, 0.2) is 40.9 Å². The number of nitrogens with one attached hydrogen (secondary N) is 1. The first-order chi connectivity index (χ1) is 10.7.